The van der Waals surface area contributed by atoms with Gasteiger partial charge in [-0.1, -0.05) is 28.7 Å². The smallest absolute Gasteiger partial charge is 0.252 e. The molecule has 0 aliphatic heterocycles. The van der Waals surface area contributed by atoms with Gasteiger partial charge in [-0.25, -0.2) is 0 Å². The SMILES string of the molecule is Cc1ccc(C#CCCO)c(C(=O)NCc2nn[nH]n2)c1. The summed E-state index contributed by atoms with van der Waals surface area (Å²) in [6.45, 7) is 2.09. The largest absolute Gasteiger partial charge is 0.395 e. The number of nitrogens with one attached hydrogen (secondary N) is 2. The summed E-state index contributed by atoms with van der Waals surface area (Å²) in [5.41, 5.74) is 2.08. The first-order chi connectivity index (χ1) is 10.2. The highest BCUT2D eigenvalue weighted by Gasteiger charge is 2.11. The molecule has 0 atom stereocenters. The van der Waals surface area contributed by atoms with Crippen molar-refractivity contribution in [1.82, 2.24) is 25.9 Å². The Balaban J connectivity index is 2.15. The van der Waals surface area contributed by atoms with Crippen molar-refractivity contribution >= 4 is 5.91 Å². The van der Waals surface area contributed by atoms with Crippen LogP contribution >= 0.6 is 0 Å². The Labute approximate surface area is 121 Å². The Kier molecular flexibility index (Phi) is 5.01. The van der Waals surface area contributed by atoms with Gasteiger partial charge in [-0.05, 0) is 19.1 Å². The van der Waals surface area contributed by atoms with E-state index in [-0.39, 0.29) is 19.1 Å². The van der Waals surface area contributed by atoms with Crippen LogP contribution in [0.5, 0.6) is 0 Å². The second kappa shape index (κ2) is 7.17. The van der Waals surface area contributed by atoms with Crippen LogP contribution in [0.1, 0.15) is 33.7 Å². The molecular weight excluding hydrogens is 270 g/mol. The highest BCUT2D eigenvalue weighted by Crippen LogP contribution is 2.11. The Morgan fingerprint density at radius 1 is 1.48 bits per heavy atom. The molecule has 1 aromatic carbocycles. The molecule has 0 saturated heterocycles. The van der Waals surface area contributed by atoms with E-state index in [1.807, 2.05) is 13.0 Å². The highest BCUT2D eigenvalue weighted by atomic mass is 16.2. The zero-order valence-electron chi connectivity index (χ0n) is 11.6. The van der Waals surface area contributed by atoms with Gasteiger partial charge in [0.25, 0.3) is 5.91 Å². The van der Waals surface area contributed by atoms with Crippen molar-refractivity contribution in [3.05, 3.63) is 40.7 Å². The lowest BCUT2D eigenvalue weighted by Crippen LogP contribution is -2.24. The molecule has 108 valence electrons. The van der Waals surface area contributed by atoms with E-state index in [9.17, 15) is 4.79 Å². The van der Waals surface area contributed by atoms with Crippen LogP contribution in [-0.4, -0.2) is 38.2 Å². The van der Waals surface area contributed by atoms with Gasteiger partial charge in [0.1, 0.15) is 0 Å². The number of amides is 1. The van der Waals surface area contributed by atoms with Crippen molar-refractivity contribution in [2.75, 3.05) is 6.61 Å². The molecule has 1 heterocycles. The van der Waals surface area contributed by atoms with E-state index in [1.54, 1.807) is 12.1 Å². The molecule has 0 fully saturated rings. The van der Waals surface area contributed by atoms with Gasteiger partial charge in [-0.2, -0.15) is 5.21 Å². The molecule has 3 N–H and O–H groups in total. The maximum absolute atomic E-state index is 12.2. The fourth-order valence-electron chi connectivity index (χ4n) is 1.68. The van der Waals surface area contributed by atoms with Crippen LogP contribution in [0.15, 0.2) is 18.2 Å². The molecule has 0 unspecified atom stereocenters. The minimum Gasteiger partial charge on any atom is -0.395 e. The number of aromatic amines is 1. The summed E-state index contributed by atoms with van der Waals surface area (Å²) < 4.78 is 0. The fraction of sp³-hybridized carbons (Fsp3) is 0.286. The van der Waals surface area contributed by atoms with Crippen molar-refractivity contribution in [1.29, 1.82) is 0 Å². The van der Waals surface area contributed by atoms with Crippen LogP contribution < -0.4 is 5.32 Å². The average Bonchev–Trinajstić information content (AvgIpc) is 3.00. The van der Waals surface area contributed by atoms with Gasteiger partial charge in [0, 0.05) is 12.0 Å². The highest BCUT2D eigenvalue weighted by molar-refractivity contribution is 5.96. The number of hydrogen-bond donors (Lipinski definition) is 3. The van der Waals surface area contributed by atoms with E-state index in [0.29, 0.717) is 23.4 Å². The normalized spacial score (nSPS) is 9.81. The van der Waals surface area contributed by atoms with Crippen LogP contribution in [0.2, 0.25) is 0 Å². The standard InChI is InChI=1S/C14H15N5O2/c1-10-5-6-11(4-2-3-7-20)12(8-10)14(21)15-9-13-16-18-19-17-13/h5-6,8,20H,3,7,9H2,1H3,(H,15,21)(H,16,17,18,19). The lowest BCUT2D eigenvalue weighted by molar-refractivity contribution is 0.0949. The van der Waals surface area contributed by atoms with Gasteiger partial charge in [0.2, 0.25) is 0 Å². The zero-order valence-corrected chi connectivity index (χ0v) is 11.6. The molecule has 2 rings (SSSR count). The molecule has 0 bridgehead atoms. The van der Waals surface area contributed by atoms with Crippen LogP contribution in [0.4, 0.5) is 0 Å². The molecule has 2 aromatic rings. The molecule has 1 amide bonds. The van der Waals surface area contributed by atoms with Crippen molar-refractivity contribution in [2.24, 2.45) is 0 Å². The number of carbonyl (C=O) groups is 1. The minimum atomic E-state index is -0.253. The van der Waals surface area contributed by atoms with Crippen LogP contribution in [0.3, 0.4) is 0 Å². The van der Waals surface area contributed by atoms with Crippen LogP contribution in [0.25, 0.3) is 0 Å². The maximum Gasteiger partial charge on any atom is 0.252 e. The third-order valence-corrected chi connectivity index (χ3v) is 2.68. The molecule has 7 nitrogen and oxygen atoms in total. The summed E-state index contributed by atoms with van der Waals surface area (Å²) in [7, 11) is 0. The number of rotatable bonds is 4. The maximum atomic E-state index is 12.2. The predicted octanol–water partition coefficient (Wildman–Crippen LogP) is 0.172. The van der Waals surface area contributed by atoms with Gasteiger partial charge < -0.3 is 10.4 Å². The Bertz CT molecular complexity index is 670. The zero-order chi connectivity index (χ0) is 15.1. The average molecular weight is 285 g/mol. The number of carbonyl (C=O) groups excluding carboxylic acids is 1. The summed E-state index contributed by atoms with van der Waals surface area (Å²) in [5, 5.41) is 24.7. The fourth-order valence-corrected chi connectivity index (χ4v) is 1.68. The summed E-state index contributed by atoms with van der Waals surface area (Å²) in [5.74, 6) is 5.86. The minimum absolute atomic E-state index is 0.00177. The lowest BCUT2D eigenvalue weighted by atomic mass is 10.0. The van der Waals surface area contributed by atoms with Crippen molar-refractivity contribution in [3.8, 4) is 11.8 Å². The third-order valence-electron chi connectivity index (χ3n) is 2.68. The molecule has 0 aliphatic carbocycles. The van der Waals surface area contributed by atoms with Crippen molar-refractivity contribution in [2.45, 2.75) is 19.9 Å². The molecule has 0 aliphatic rings. The Morgan fingerprint density at radius 2 is 2.33 bits per heavy atom. The number of hydrogen-bond acceptors (Lipinski definition) is 5. The number of aliphatic hydroxyl groups excluding tert-OH is 1. The van der Waals surface area contributed by atoms with Crippen molar-refractivity contribution < 1.29 is 9.90 Å². The lowest BCUT2D eigenvalue weighted by Gasteiger charge is -2.06. The van der Waals surface area contributed by atoms with Gasteiger partial charge in [-0.15, -0.1) is 10.2 Å². The summed E-state index contributed by atoms with van der Waals surface area (Å²) >= 11 is 0. The topological polar surface area (TPSA) is 104 Å². The molecule has 21 heavy (non-hydrogen) atoms. The molecule has 0 radical (unpaired) electrons. The number of aliphatic hydroxyl groups is 1. The van der Waals surface area contributed by atoms with Gasteiger partial charge in [0.15, 0.2) is 5.82 Å². The van der Waals surface area contributed by atoms with Crippen molar-refractivity contribution in [3.63, 3.8) is 0 Å². The van der Waals surface area contributed by atoms with Crippen LogP contribution in [-0.2, 0) is 6.54 Å². The molecule has 0 saturated carbocycles. The number of nitrogens with zero attached hydrogens (tertiary/aromatic N) is 3. The molecule has 0 spiro atoms. The first-order valence-corrected chi connectivity index (χ1v) is 6.41. The quantitative estimate of drug-likeness (QED) is 0.695. The molecule has 1 aromatic heterocycles. The van der Waals surface area contributed by atoms with E-state index >= 15 is 0 Å². The Morgan fingerprint density at radius 3 is 3.05 bits per heavy atom. The monoisotopic (exact) mass is 285 g/mol. The van der Waals surface area contributed by atoms with Gasteiger partial charge in [0.05, 0.1) is 18.7 Å². The summed E-state index contributed by atoms with van der Waals surface area (Å²) in [4.78, 5) is 12.2. The van der Waals surface area contributed by atoms with E-state index in [1.165, 1.54) is 0 Å². The van der Waals surface area contributed by atoms with E-state index in [4.69, 9.17) is 5.11 Å². The molecule has 7 heteroatoms. The van der Waals surface area contributed by atoms with E-state index in [0.717, 1.165) is 5.56 Å². The van der Waals surface area contributed by atoms with Gasteiger partial charge >= 0.3 is 0 Å². The van der Waals surface area contributed by atoms with E-state index < -0.39 is 0 Å². The first-order valence-electron chi connectivity index (χ1n) is 6.41. The first kappa shape index (κ1) is 14.7. The van der Waals surface area contributed by atoms with Gasteiger partial charge in [-0.3, -0.25) is 4.79 Å². The number of H-pyrrole nitrogens is 1. The second-order valence-electron chi connectivity index (χ2n) is 4.34. The van der Waals surface area contributed by atoms with Crippen LogP contribution in [0, 0.1) is 18.8 Å². The second-order valence-corrected chi connectivity index (χ2v) is 4.34. The summed E-state index contributed by atoms with van der Waals surface area (Å²) in [6.07, 6.45) is 0.373. The number of tetrazole rings is 1. The molecular formula is C14H15N5O2. The third kappa shape index (κ3) is 4.12. The number of aromatic nitrogens is 4. The number of aryl methyl sites for hydroxylation is 1. The predicted molar refractivity (Wildman–Crippen MR) is 75.1 cm³/mol. The Hall–Kier alpha value is -2.72. The number of benzene rings is 1. The summed E-state index contributed by atoms with van der Waals surface area (Å²) in [6, 6.07) is 5.45. The van der Waals surface area contributed by atoms with E-state index in [2.05, 4.69) is 37.8 Å².